The SMILES string of the molecule is CCC(COC=O)(COC(=O)C1CCC1)COC(=O)C1CCC1. The van der Waals surface area contributed by atoms with Crippen molar-refractivity contribution in [1.82, 2.24) is 0 Å². The predicted octanol–water partition coefficient (Wildman–Crippen LogP) is 2.24. The first kappa shape index (κ1) is 17.8. The van der Waals surface area contributed by atoms with Gasteiger partial charge in [-0.3, -0.25) is 14.4 Å². The van der Waals surface area contributed by atoms with Crippen LogP contribution in [0.3, 0.4) is 0 Å². The lowest BCUT2D eigenvalue weighted by Crippen LogP contribution is -2.40. The second-order valence-corrected chi connectivity index (χ2v) is 6.73. The lowest BCUT2D eigenvalue weighted by Gasteiger charge is -2.33. The van der Waals surface area contributed by atoms with Crippen LogP contribution in [0.4, 0.5) is 0 Å². The number of ether oxygens (including phenoxy) is 3. The van der Waals surface area contributed by atoms with Crippen LogP contribution in [0, 0.1) is 17.3 Å². The Bertz CT molecular complexity index is 395. The van der Waals surface area contributed by atoms with E-state index in [9.17, 15) is 14.4 Å². The fraction of sp³-hybridized carbons (Fsp3) is 0.824. The highest BCUT2D eigenvalue weighted by molar-refractivity contribution is 5.73. The summed E-state index contributed by atoms with van der Waals surface area (Å²) in [5, 5.41) is 0. The Morgan fingerprint density at radius 2 is 1.43 bits per heavy atom. The zero-order chi connectivity index (χ0) is 16.7. The minimum Gasteiger partial charge on any atom is -0.467 e. The van der Waals surface area contributed by atoms with Crippen molar-refractivity contribution in [2.24, 2.45) is 17.3 Å². The van der Waals surface area contributed by atoms with Gasteiger partial charge >= 0.3 is 11.9 Å². The first-order valence-corrected chi connectivity index (χ1v) is 8.49. The summed E-state index contributed by atoms with van der Waals surface area (Å²) >= 11 is 0. The Morgan fingerprint density at radius 3 is 1.74 bits per heavy atom. The third-order valence-electron chi connectivity index (χ3n) is 5.13. The van der Waals surface area contributed by atoms with E-state index in [-0.39, 0.29) is 43.6 Å². The van der Waals surface area contributed by atoms with Crippen molar-refractivity contribution in [2.45, 2.75) is 51.9 Å². The normalized spacial score (nSPS) is 18.5. The van der Waals surface area contributed by atoms with E-state index in [0.29, 0.717) is 12.9 Å². The molecule has 0 atom stereocenters. The molecule has 130 valence electrons. The first-order valence-electron chi connectivity index (χ1n) is 8.49. The number of hydrogen-bond acceptors (Lipinski definition) is 6. The molecule has 6 heteroatoms. The van der Waals surface area contributed by atoms with Gasteiger partial charge in [0.1, 0.15) is 19.8 Å². The lowest BCUT2D eigenvalue weighted by molar-refractivity contribution is -0.166. The highest BCUT2D eigenvalue weighted by atomic mass is 16.6. The van der Waals surface area contributed by atoms with Crippen LogP contribution in [0.5, 0.6) is 0 Å². The highest BCUT2D eigenvalue weighted by Gasteiger charge is 2.36. The van der Waals surface area contributed by atoms with Gasteiger partial charge in [-0.2, -0.15) is 0 Å². The molecule has 6 nitrogen and oxygen atoms in total. The standard InChI is InChI=1S/C17H26O6/c1-2-17(9-21-12-18,10-22-15(19)13-5-3-6-13)11-23-16(20)14-7-4-8-14/h12-14H,2-11H2,1H3. The van der Waals surface area contributed by atoms with E-state index in [2.05, 4.69) is 0 Å². The topological polar surface area (TPSA) is 78.9 Å². The van der Waals surface area contributed by atoms with Crippen molar-refractivity contribution in [2.75, 3.05) is 19.8 Å². The van der Waals surface area contributed by atoms with Gasteiger partial charge in [0.05, 0.1) is 17.3 Å². The summed E-state index contributed by atoms with van der Waals surface area (Å²) in [6.45, 7) is 2.55. The van der Waals surface area contributed by atoms with Gasteiger partial charge in [-0.05, 0) is 32.1 Å². The predicted molar refractivity (Wildman–Crippen MR) is 81.3 cm³/mol. The molecule has 23 heavy (non-hydrogen) atoms. The monoisotopic (exact) mass is 326 g/mol. The molecule has 0 radical (unpaired) electrons. The molecule has 2 saturated carbocycles. The van der Waals surface area contributed by atoms with Crippen LogP contribution >= 0.6 is 0 Å². The van der Waals surface area contributed by atoms with Gasteiger partial charge in [0, 0.05) is 0 Å². The van der Waals surface area contributed by atoms with E-state index in [1.165, 1.54) is 0 Å². The number of hydrogen-bond donors (Lipinski definition) is 0. The van der Waals surface area contributed by atoms with Crippen LogP contribution in [0.2, 0.25) is 0 Å². The fourth-order valence-electron chi connectivity index (χ4n) is 2.61. The van der Waals surface area contributed by atoms with Crippen molar-refractivity contribution < 1.29 is 28.6 Å². The smallest absolute Gasteiger partial charge is 0.308 e. The van der Waals surface area contributed by atoms with Crippen LogP contribution in [-0.2, 0) is 28.6 Å². The fourth-order valence-corrected chi connectivity index (χ4v) is 2.61. The van der Waals surface area contributed by atoms with Crippen molar-refractivity contribution in [3.8, 4) is 0 Å². The number of rotatable bonds is 10. The molecule has 0 spiro atoms. The molecule has 0 aliphatic heterocycles. The zero-order valence-corrected chi connectivity index (χ0v) is 13.8. The Balaban J connectivity index is 1.87. The molecule has 0 heterocycles. The summed E-state index contributed by atoms with van der Waals surface area (Å²) in [4.78, 5) is 34.4. The number of carbonyl (C=O) groups is 3. The van der Waals surface area contributed by atoms with Gasteiger partial charge in [-0.1, -0.05) is 19.8 Å². The van der Waals surface area contributed by atoms with Gasteiger partial charge in [0.25, 0.3) is 6.47 Å². The molecule has 2 aliphatic rings. The Morgan fingerprint density at radius 1 is 0.957 bits per heavy atom. The maximum Gasteiger partial charge on any atom is 0.308 e. The minimum absolute atomic E-state index is 0.00549. The summed E-state index contributed by atoms with van der Waals surface area (Å²) in [5.41, 5.74) is -0.667. The van der Waals surface area contributed by atoms with Crippen molar-refractivity contribution in [1.29, 1.82) is 0 Å². The van der Waals surface area contributed by atoms with E-state index in [0.717, 1.165) is 38.5 Å². The third kappa shape index (κ3) is 4.69. The van der Waals surface area contributed by atoms with Gasteiger partial charge in [-0.15, -0.1) is 0 Å². The highest BCUT2D eigenvalue weighted by Crippen LogP contribution is 2.31. The maximum atomic E-state index is 11.9. The summed E-state index contributed by atoms with van der Waals surface area (Å²) in [6.07, 6.45) is 6.20. The molecule has 2 fully saturated rings. The van der Waals surface area contributed by atoms with E-state index >= 15 is 0 Å². The summed E-state index contributed by atoms with van der Waals surface area (Å²) in [6, 6.07) is 0. The van der Waals surface area contributed by atoms with Gasteiger partial charge in [-0.25, -0.2) is 0 Å². The van der Waals surface area contributed by atoms with Crippen LogP contribution in [-0.4, -0.2) is 38.2 Å². The largest absolute Gasteiger partial charge is 0.467 e. The van der Waals surface area contributed by atoms with Crippen LogP contribution in [0.1, 0.15) is 51.9 Å². The van der Waals surface area contributed by atoms with Crippen LogP contribution in [0.15, 0.2) is 0 Å². The molecule has 0 bridgehead atoms. The van der Waals surface area contributed by atoms with Crippen LogP contribution in [0.25, 0.3) is 0 Å². The average molecular weight is 326 g/mol. The Labute approximate surface area is 136 Å². The molecular formula is C17H26O6. The number of carbonyl (C=O) groups excluding carboxylic acids is 3. The van der Waals surface area contributed by atoms with Crippen molar-refractivity contribution in [3.05, 3.63) is 0 Å². The summed E-state index contributed by atoms with van der Waals surface area (Å²) < 4.78 is 15.7. The average Bonchev–Trinajstić information content (AvgIpc) is 2.43. The van der Waals surface area contributed by atoms with E-state index < -0.39 is 5.41 Å². The molecule has 0 saturated heterocycles. The second-order valence-electron chi connectivity index (χ2n) is 6.73. The van der Waals surface area contributed by atoms with E-state index in [4.69, 9.17) is 14.2 Å². The number of esters is 2. The first-order chi connectivity index (χ1) is 11.1. The van der Waals surface area contributed by atoms with E-state index in [1.807, 2.05) is 6.92 Å². The lowest BCUT2D eigenvalue weighted by atomic mass is 9.84. The molecular weight excluding hydrogens is 300 g/mol. The summed E-state index contributed by atoms with van der Waals surface area (Å²) in [5.74, 6) is -0.417. The maximum absolute atomic E-state index is 11.9. The minimum atomic E-state index is -0.667. The van der Waals surface area contributed by atoms with E-state index in [1.54, 1.807) is 0 Å². The molecule has 0 aromatic heterocycles. The third-order valence-corrected chi connectivity index (χ3v) is 5.13. The molecule has 0 amide bonds. The Hall–Kier alpha value is -1.59. The molecule has 0 aromatic rings. The summed E-state index contributed by atoms with van der Waals surface area (Å²) in [7, 11) is 0. The van der Waals surface area contributed by atoms with Crippen molar-refractivity contribution in [3.63, 3.8) is 0 Å². The van der Waals surface area contributed by atoms with Gasteiger partial charge in [0.2, 0.25) is 0 Å². The molecule has 0 aromatic carbocycles. The van der Waals surface area contributed by atoms with Gasteiger partial charge < -0.3 is 14.2 Å². The Kier molecular flexibility index (Phi) is 6.42. The van der Waals surface area contributed by atoms with Crippen molar-refractivity contribution >= 4 is 18.4 Å². The molecule has 2 aliphatic carbocycles. The quantitative estimate of drug-likeness (QED) is 0.348. The second kappa shape index (κ2) is 8.31. The van der Waals surface area contributed by atoms with Gasteiger partial charge in [0.15, 0.2) is 0 Å². The molecule has 2 rings (SSSR count). The molecule has 0 N–H and O–H groups in total. The zero-order valence-electron chi connectivity index (χ0n) is 13.8. The molecule has 0 unspecified atom stereocenters. The van der Waals surface area contributed by atoms with Crippen LogP contribution < -0.4 is 0 Å².